The highest BCUT2D eigenvalue weighted by Gasteiger charge is 1.96. The van der Waals surface area contributed by atoms with Crippen LogP contribution in [0.15, 0.2) is 53.8 Å². The second-order valence-electron chi connectivity index (χ2n) is 2.66. The van der Waals surface area contributed by atoms with Crippen LogP contribution in [0.25, 0.3) is 0 Å². The molecule has 0 aliphatic rings. The number of hydrogen-bond acceptors (Lipinski definition) is 3. The van der Waals surface area contributed by atoms with E-state index in [4.69, 9.17) is 4.74 Å². The lowest BCUT2D eigenvalue weighted by Crippen LogP contribution is -2.08. The van der Waals surface area contributed by atoms with E-state index >= 15 is 0 Å². The van der Waals surface area contributed by atoms with Crippen LogP contribution in [-0.4, -0.2) is 9.97 Å². The highest BCUT2D eigenvalue weighted by Crippen LogP contribution is 2.09. The molecule has 1 aromatic heterocycles. The molecule has 0 fully saturated rings. The molecule has 78 valence electrons. The largest absolute Gasteiger partial charge is 0.454 e. The van der Waals surface area contributed by atoms with E-state index in [1.165, 1.54) is 12.4 Å². The van der Waals surface area contributed by atoms with Crippen LogP contribution in [-0.2, 0) is 0 Å². The molecule has 1 N–H and O–H groups in total. The molecular formula is C11H12N2O2. The summed E-state index contributed by atoms with van der Waals surface area (Å²) in [6.45, 7) is 5.46. The van der Waals surface area contributed by atoms with Gasteiger partial charge in [-0.05, 0) is 19.1 Å². The molecule has 15 heavy (non-hydrogen) atoms. The van der Waals surface area contributed by atoms with Crippen LogP contribution in [0.3, 0.4) is 0 Å². The average Bonchev–Trinajstić information content (AvgIpc) is 2.22. The van der Waals surface area contributed by atoms with Crippen molar-refractivity contribution in [2.45, 2.75) is 6.92 Å². The first-order valence-electron chi connectivity index (χ1n) is 4.44. The summed E-state index contributed by atoms with van der Waals surface area (Å²) >= 11 is 0. The quantitative estimate of drug-likeness (QED) is 0.601. The molecule has 0 aliphatic heterocycles. The van der Waals surface area contributed by atoms with Crippen LogP contribution in [0.1, 0.15) is 6.92 Å². The van der Waals surface area contributed by atoms with Crippen molar-refractivity contribution in [3.05, 3.63) is 59.5 Å². The van der Waals surface area contributed by atoms with Crippen molar-refractivity contribution < 1.29 is 4.74 Å². The first kappa shape index (κ1) is 11.0. The Hall–Kier alpha value is -2.10. The van der Waals surface area contributed by atoms with Gasteiger partial charge >= 0.3 is 5.69 Å². The summed E-state index contributed by atoms with van der Waals surface area (Å²) < 4.78 is 5.42. The Morgan fingerprint density at radius 3 is 3.00 bits per heavy atom. The van der Waals surface area contributed by atoms with Crippen molar-refractivity contribution >= 4 is 0 Å². The van der Waals surface area contributed by atoms with Gasteiger partial charge in [-0.3, -0.25) is 0 Å². The Morgan fingerprint density at radius 1 is 1.67 bits per heavy atom. The van der Waals surface area contributed by atoms with E-state index in [1.54, 1.807) is 18.2 Å². The van der Waals surface area contributed by atoms with Crippen LogP contribution in [0.4, 0.5) is 0 Å². The number of aromatic amines is 1. The predicted octanol–water partition coefficient (Wildman–Crippen LogP) is 1.79. The summed E-state index contributed by atoms with van der Waals surface area (Å²) in [6.07, 6.45) is 9.77. The number of aromatic nitrogens is 2. The Labute approximate surface area is 87.6 Å². The normalized spacial score (nSPS) is 11.7. The van der Waals surface area contributed by atoms with Gasteiger partial charge in [-0.1, -0.05) is 18.7 Å². The second kappa shape index (κ2) is 5.59. The Morgan fingerprint density at radius 2 is 2.47 bits per heavy atom. The molecule has 0 saturated heterocycles. The molecule has 4 heteroatoms. The monoisotopic (exact) mass is 204 g/mol. The lowest BCUT2D eigenvalue weighted by atomic mass is 10.4. The second-order valence-corrected chi connectivity index (χ2v) is 2.66. The number of rotatable bonds is 4. The minimum atomic E-state index is -0.400. The fourth-order valence-electron chi connectivity index (χ4n) is 0.926. The molecular weight excluding hydrogens is 192 g/mol. The zero-order chi connectivity index (χ0) is 11.1. The lowest BCUT2D eigenvalue weighted by Gasteiger charge is -2.03. The van der Waals surface area contributed by atoms with Crippen molar-refractivity contribution in [2.24, 2.45) is 0 Å². The van der Waals surface area contributed by atoms with Gasteiger partial charge in [0, 0.05) is 0 Å². The molecule has 0 atom stereocenters. The molecule has 1 rings (SSSR count). The summed E-state index contributed by atoms with van der Waals surface area (Å²) in [5.74, 6) is 1.10. The van der Waals surface area contributed by atoms with Crippen LogP contribution in [0, 0.1) is 0 Å². The third-order valence-corrected chi connectivity index (χ3v) is 1.50. The number of nitrogens with one attached hydrogen (secondary N) is 1. The van der Waals surface area contributed by atoms with Gasteiger partial charge < -0.3 is 9.72 Å². The van der Waals surface area contributed by atoms with Gasteiger partial charge in [-0.2, -0.15) is 4.98 Å². The molecule has 0 aliphatic carbocycles. The topological polar surface area (TPSA) is 55.0 Å². The average molecular weight is 204 g/mol. The standard InChI is InChI=1S/C11H12N2O2/c1-3-5-9(6-4-2)15-10-7-12-11(14)13-8-10/h3-8H,1H2,2H3,(H,12,13,14)/b6-4-,9-5+. The maximum Gasteiger partial charge on any atom is 0.345 e. The van der Waals surface area contributed by atoms with Crippen LogP contribution in [0.2, 0.25) is 0 Å². The summed E-state index contributed by atoms with van der Waals surface area (Å²) in [6, 6.07) is 0. The van der Waals surface area contributed by atoms with Crippen LogP contribution < -0.4 is 10.4 Å². The molecule has 0 unspecified atom stereocenters. The van der Waals surface area contributed by atoms with Gasteiger partial charge in [-0.15, -0.1) is 0 Å². The third-order valence-electron chi connectivity index (χ3n) is 1.50. The van der Waals surface area contributed by atoms with Crippen molar-refractivity contribution in [3.8, 4) is 5.75 Å². The van der Waals surface area contributed by atoms with E-state index in [0.29, 0.717) is 11.5 Å². The van der Waals surface area contributed by atoms with E-state index in [-0.39, 0.29) is 0 Å². The van der Waals surface area contributed by atoms with Crippen LogP contribution in [0.5, 0.6) is 5.75 Å². The van der Waals surface area contributed by atoms with E-state index in [0.717, 1.165) is 0 Å². The molecule has 0 aromatic carbocycles. The molecule has 0 spiro atoms. The third kappa shape index (κ3) is 3.64. The van der Waals surface area contributed by atoms with Crippen molar-refractivity contribution in [3.63, 3.8) is 0 Å². The fourth-order valence-corrected chi connectivity index (χ4v) is 0.926. The molecule has 0 radical (unpaired) electrons. The first-order valence-corrected chi connectivity index (χ1v) is 4.44. The van der Waals surface area contributed by atoms with Gasteiger partial charge in [0.15, 0.2) is 5.75 Å². The minimum Gasteiger partial charge on any atom is -0.454 e. The molecule has 0 saturated carbocycles. The van der Waals surface area contributed by atoms with Gasteiger partial charge in [0.1, 0.15) is 5.76 Å². The fraction of sp³-hybridized carbons (Fsp3) is 0.0909. The van der Waals surface area contributed by atoms with E-state index in [1.807, 2.05) is 13.0 Å². The van der Waals surface area contributed by atoms with Gasteiger partial charge in [0.05, 0.1) is 12.4 Å². The highest BCUT2D eigenvalue weighted by molar-refractivity contribution is 5.23. The van der Waals surface area contributed by atoms with Crippen molar-refractivity contribution in [1.82, 2.24) is 9.97 Å². The molecule has 4 nitrogen and oxygen atoms in total. The van der Waals surface area contributed by atoms with Crippen molar-refractivity contribution in [2.75, 3.05) is 0 Å². The molecule has 1 aromatic rings. The lowest BCUT2D eigenvalue weighted by molar-refractivity contribution is 0.439. The maximum atomic E-state index is 10.7. The Kier molecular flexibility index (Phi) is 4.09. The summed E-state index contributed by atoms with van der Waals surface area (Å²) in [5, 5.41) is 0. The zero-order valence-electron chi connectivity index (χ0n) is 8.43. The van der Waals surface area contributed by atoms with E-state index in [2.05, 4.69) is 16.5 Å². The molecule has 0 amide bonds. The summed E-state index contributed by atoms with van der Waals surface area (Å²) in [4.78, 5) is 16.7. The van der Waals surface area contributed by atoms with Crippen LogP contribution >= 0.6 is 0 Å². The number of H-pyrrole nitrogens is 1. The molecule has 1 heterocycles. The van der Waals surface area contributed by atoms with Gasteiger partial charge in [0.25, 0.3) is 0 Å². The zero-order valence-corrected chi connectivity index (χ0v) is 8.43. The molecule has 0 bridgehead atoms. The SMILES string of the molecule is C=C/C=C(\C=C/C)Oc1cnc(=O)[nH]c1. The number of ether oxygens (including phenoxy) is 1. The highest BCUT2D eigenvalue weighted by atomic mass is 16.5. The Bertz CT molecular complexity index is 424. The smallest absolute Gasteiger partial charge is 0.345 e. The predicted molar refractivity (Wildman–Crippen MR) is 58.6 cm³/mol. The van der Waals surface area contributed by atoms with E-state index < -0.39 is 5.69 Å². The van der Waals surface area contributed by atoms with Gasteiger partial charge in [-0.25, -0.2) is 4.79 Å². The summed E-state index contributed by atoms with van der Waals surface area (Å²) in [7, 11) is 0. The Balaban J connectivity index is 2.83. The summed E-state index contributed by atoms with van der Waals surface area (Å²) in [5.41, 5.74) is -0.400. The maximum absolute atomic E-state index is 10.7. The van der Waals surface area contributed by atoms with Crippen molar-refractivity contribution in [1.29, 1.82) is 0 Å². The first-order chi connectivity index (χ1) is 7.26. The number of allylic oxidation sites excluding steroid dienone is 4. The number of nitrogens with zero attached hydrogens (tertiary/aromatic N) is 1. The van der Waals surface area contributed by atoms with Gasteiger partial charge in [0.2, 0.25) is 0 Å². The minimum absolute atomic E-state index is 0.400. The number of hydrogen-bond donors (Lipinski definition) is 1. The van der Waals surface area contributed by atoms with E-state index in [9.17, 15) is 4.79 Å².